The van der Waals surface area contributed by atoms with Gasteiger partial charge in [-0.05, 0) is 37.6 Å². The minimum Gasteiger partial charge on any atom is -0.364 e. The van der Waals surface area contributed by atoms with E-state index < -0.39 is 0 Å². The molecule has 27 heavy (non-hydrogen) atoms. The highest BCUT2D eigenvalue weighted by molar-refractivity contribution is 6.07. The van der Waals surface area contributed by atoms with Crippen LogP contribution in [0.15, 0.2) is 72.9 Å². The van der Waals surface area contributed by atoms with E-state index in [-0.39, 0.29) is 5.78 Å². The van der Waals surface area contributed by atoms with E-state index in [9.17, 15) is 4.79 Å². The summed E-state index contributed by atoms with van der Waals surface area (Å²) in [4.78, 5) is 19.3. The van der Waals surface area contributed by atoms with Crippen LogP contribution < -0.4 is 0 Å². The van der Waals surface area contributed by atoms with Crippen molar-refractivity contribution in [1.82, 2.24) is 9.97 Å². The van der Waals surface area contributed by atoms with Gasteiger partial charge in [-0.3, -0.25) is 4.79 Å². The summed E-state index contributed by atoms with van der Waals surface area (Å²) < 4.78 is 0. The van der Waals surface area contributed by atoms with Crippen molar-refractivity contribution in [2.45, 2.75) is 20.3 Å². The standard InChI is InChI=1S/C24H22N2O/c1-16-3-7-18(8-4-16)21-13-14-25-23(21)15-20-11-12-22(26-20)24(27)19-9-5-17(2)6-10-19/h3-14,25-26H,15H2,1-2H3. The molecule has 2 aromatic carbocycles. The molecule has 4 rings (SSSR count). The van der Waals surface area contributed by atoms with Crippen LogP contribution in [0.1, 0.15) is 38.6 Å². The van der Waals surface area contributed by atoms with Gasteiger partial charge in [0.1, 0.15) is 0 Å². The molecule has 4 aromatic rings. The van der Waals surface area contributed by atoms with Crippen LogP contribution in [0.25, 0.3) is 11.1 Å². The number of ketones is 1. The normalized spacial score (nSPS) is 10.9. The summed E-state index contributed by atoms with van der Waals surface area (Å²) in [6.45, 7) is 4.11. The zero-order valence-corrected chi connectivity index (χ0v) is 15.5. The Morgan fingerprint density at radius 3 is 2.19 bits per heavy atom. The Kier molecular flexibility index (Phi) is 4.51. The summed E-state index contributed by atoms with van der Waals surface area (Å²) >= 11 is 0. The molecule has 2 heterocycles. The van der Waals surface area contributed by atoms with Crippen molar-refractivity contribution < 1.29 is 4.79 Å². The van der Waals surface area contributed by atoms with Gasteiger partial charge in [-0.2, -0.15) is 0 Å². The number of aryl methyl sites for hydroxylation is 2. The molecule has 0 saturated heterocycles. The summed E-state index contributed by atoms with van der Waals surface area (Å²) in [6, 6.07) is 22.2. The molecule has 0 aliphatic rings. The summed E-state index contributed by atoms with van der Waals surface area (Å²) in [7, 11) is 0. The molecule has 0 atom stereocenters. The monoisotopic (exact) mass is 354 g/mol. The van der Waals surface area contributed by atoms with Crippen molar-refractivity contribution in [3.8, 4) is 11.1 Å². The third kappa shape index (κ3) is 3.63. The van der Waals surface area contributed by atoms with E-state index in [0.29, 0.717) is 11.3 Å². The summed E-state index contributed by atoms with van der Waals surface area (Å²) in [5.41, 5.74) is 8.26. The molecule has 0 aliphatic carbocycles. The predicted octanol–water partition coefficient (Wildman–Crippen LogP) is 5.45. The number of carbonyl (C=O) groups excluding carboxylic acids is 1. The highest BCUT2D eigenvalue weighted by atomic mass is 16.1. The SMILES string of the molecule is Cc1ccc(C(=O)c2ccc(Cc3[nH]ccc3-c3ccc(C)cc3)[nH]2)cc1. The smallest absolute Gasteiger partial charge is 0.209 e. The van der Waals surface area contributed by atoms with Crippen LogP contribution in [0.3, 0.4) is 0 Å². The van der Waals surface area contributed by atoms with Gasteiger partial charge in [0.25, 0.3) is 0 Å². The van der Waals surface area contributed by atoms with E-state index in [4.69, 9.17) is 0 Å². The van der Waals surface area contributed by atoms with Crippen LogP contribution >= 0.6 is 0 Å². The molecule has 2 aromatic heterocycles. The first-order chi connectivity index (χ1) is 13.1. The maximum Gasteiger partial charge on any atom is 0.209 e. The number of hydrogen-bond donors (Lipinski definition) is 2. The number of aromatic nitrogens is 2. The number of H-pyrrole nitrogens is 2. The van der Waals surface area contributed by atoms with Crippen molar-refractivity contribution in [2.24, 2.45) is 0 Å². The maximum absolute atomic E-state index is 12.7. The van der Waals surface area contributed by atoms with E-state index >= 15 is 0 Å². The summed E-state index contributed by atoms with van der Waals surface area (Å²) in [6.07, 6.45) is 2.68. The van der Waals surface area contributed by atoms with E-state index in [1.165, 1.54) is 16.7 Å². The molecule has 0 saturated carbocycles. The fourth-order valence-electron chi connectivity index (χ4n) is 3.28. The lowest BCUT2D eigenvalue weighted by atomic mass is 10.0. The predicted molar refractivity (Wildman–Crippen MR) is 109 cm³/mol. The Hall–Kier alpha value is -3.33. The largest absolute Gasteiger partial charge is 0.364 e. The van der Waals surface area contributed by atoms with Crippen LogP contribution in [-0.2, 0) is 6.42 Å². The number of aromatic amines is 2. The molecule has 3 heteroatoms. The van der Waals surface area contributed by atoms with Crippen LogP contribution in [0.4, 0.5) is 0 Å². The van der Waals surface area contributed by atoms with Gasteiger partial charge >= 0.3 is 0 Å². The second-order valence-electron chi connectivity index (χ2n) is 7.01. The first kappa shape index (κ1) is 17.1. The molecule has 134 valence electrons. The first-order valence-electron chi connectivity index (χ1n) is 9.13. The number of rotatable bonds is 5. The van der Waals surface area contributed by atoms with Gasteiger partial charge in [-0.25, -0.2) is 0 Å². The average molecular weight is 354 g/mol. The molecule has 0 bridgehead atoms. The Morgan fingerprint density at radius 2 is 1.48 bits per heavy atom. The first-order valence-corrected chi connectivity index (χ1v) is 9.13. The molecule has 2 N–H and O–H groups in total. The molecule has 3 nitrogen and oxygen atoms in total. The minimum absolute atomic E-state index is 0.0199. The number of benzene rings is 2. The fourth-order valence-corrected chi connectivity index (χ4v) is 3.28. The molecule has 0 unspecified atom stereocenters. The van der Waals surface area contributed by atoms with Crippen molar-refractivity contribution in [1.29, 1.82) is 0 Å². The van der Waals surface area contributed by atoms with Crippen molar-refractivity contribution in [3.05, 3.63) is 107 Å². The summed E-state index contributed by atoms with van der Waals surface area (Å²) in [5, 5.41) is 0. The number of hydrogen-bond acceptors (Lipinski definition) is 1. The van der Waals surface area contributed by atoms with Gasteiger partial charge in [0.15, 0.2) is 0 Å². The Bertz CT molecular complexity index is 1070. The highest BCUT2D eigenvalue weighted by Crippen LogP contribution is 2.25. The van der Waals surface area contributed by atoms with Crippen LogP contribution in [0.2, 0.25) is 0 Å². The van der Waals surface area contributed by atoms with E-state index in [1.807, 2.05) is 49.5 Å². The minimum atomic E-state index is 0.0199. The number of carbonyl (C=O) groups is 1. The molecule has 0 fully saturated rings. The number of nitrogens with one attached hydrogen (secondary N) is 2. The van der Waals surface area contributed by atoms with Crippen molar-refractivity contribution >= 4 is 5.78 Å². The van der Waals surface area contributed by atoms with Gasteiger partial charge in [-0.1, -0.05) is 59.7 Å². The van der Waals surface area contributed by atoms with E-state index in [2.05, 4.69) is 47.2 Å². The summed E-state index contributed by atoms with van der Waals surface area (Å²) in [5.74, 6) is 0.0199. The van der Waals surface area contributed by atoms with Gasteiger partial charge in [0.2, 0.25) is 5.78 Å². The van der Waals surface area contributed by atoms with E-state index in [1.54, 1.807) is 0 Å². The van der Waals surface area contributed by atoms with Gasteiger partial charge in [0.05, 0.1) is 5.69 Å². The third-order valence-electron chi connectivity index (χ3n) is 4.87. The lowest BCUT2D eigenvalue weighted by Gasteiger charge is -2.05. The second kappa shape index (κ2) is 7.12. The second-order valence-corrected chi connectivity index (χ2v) is 7.01. The van der Waals surface area contributed by atoms with Crippen LogP contribution in [0.5, 0.6) is 0 Å². The Labute approximate surface area is 159 Å². The highest BCUT2D eigenvalue weighted by Gasteiger charge is 2.13. The third-order valence-corrected chi connectivity index (χ3v) is 4.87. The quantitative estimate of drug-likeness (QED) is 0.460. The fraction of sp³-hybridized carbons (Fsp3) is 0.125. The lowest BCUT2D eigenvalue weighted by molar-refractivity contribution is 0.103. The Morgan fingerprint density at radius 1 is 0.815 bits per heavy atom. The van der Waals surface area contributed by atoms with E-state index in [0.717, 1.165) is 23.4 Å². The zero-order chi connectivity index (χ0) is 18.8. The van der Waals surface area contributed by atoms with Gasteiger partial charge < -0.3 is 9.97 Å². The topological polar surface area (TPSA) is 48.6 Å². The maximum atomic E-state index is 12.7. The molecule has 0 spiro atoms. The zero-order valence-electron chi connectivity index (χ0n) is 15.5. The molecule has 0 radical (unpaired) electrons. The Balaban J connectivity index is 1.55. The van der Waals surface area contributed by atoms with Crippen molar-refractivity contribution in [3.63, 3.8) is 0 Å². The van der Waals surface area contributed by atoms with Crippen LogP contribution in [0, 0.1) is 13.8 Å². The van der Waals surface area contributed by atoms with Crippen molar-refractivity contribution in [2.75, 3.05) is 0 Å². The molecule has 0 aliphatic heterocycles. The molecular weight excluding hydrogens is 332 g/mol. The lowest BCUT2D eigenvalue weighted by Crippen LogP contribution is -2.02. The molecular formula is C24H22N2O. The average Bonchev–Trinajstić information content (AvgIpc) is 3.33. The van der Waals surface area contributed by atoms with Gasteiger partial charge in [0, 0.05) is 35.1 Å². The molecule has 0 amide bonds. The van der Waals surface area contributed by atoms with Crippen LogP contribution in [-0.4, -0.2) is 15.8 Å². The van der Waals surface area contributed by atoms with Gasteiger partial charge in [-0.15, -0.1) is 0 Å².